The number of para-hydroxylation sites is 1. The van der Waals surface area contributed by atoms with Crippen LogP contribution in [-0.2, 0) is 0 Å². The molecule has 0 saturated carbocycles. The summed E-state index contributed by atoms with van der Waals surface area (Å²) < 4.78 is 5.80. The van der Waals surface area contributed by atoms with Crippen molar-refractivity contribution < 1.29 is 4.74 Å². The van der Waals surface area contributed by atoms with Gasteiger partial charge in [0.2, 0.25) is 0 Å². The second-order valence-electron chi connectivity index (χ2n) is 6.06. The first-order valence-electron chi connectivity index (χ1n) is 8.09. The highest BCUT2D eigenvalue weighted by molar-refractivity contribution is 7.80. The van der Waals surface area contributed by atoms with Crippen LogP contribution in [0.15, 0.2) is 54.6 Å². The van der Waals surface area contributed by atoms with E-state index in [1.165, 1.54) is 12.8 Å². The van der Waals surface area contributed by atoms with Gasteiger partial charge in [0, 0.05) is 18.8 Å². The molecule has 0 bridgehead atoms. The van der Waals surface area contributed by atoms with Gasteiger partial charge in [0.15, 0.2) is 5.11 Å². The SMILES string of the molecule is C[C@H]1CCCN(C(=S)Nc2ccc(Oc3ccccc3)cc2)C1. The molecule has 2 aromatic carbocycles. The van der Waals surface area contributed by atoms with Gasteiger partial charge in [0.25, 0.3) is 0 Å². The lowest BCUT2D eigenvalue weighted by molar-refractivity contribution is 0.276. The normalized spacial score (nSPS) is 17.6. The first kappa shape index (κ1) is 15.8. The van der Waals surface area contributed by atoms with E-state index in [1.807, 2.05) is 54.6 Å². The number of rotatable bonds is 3. The van der Waals surface area contributed by atoms with Crippen molar-refractivity contribution in [2.45, 2.75) is 19.8 Å². The Morgan fingerprint density at radius 2 is 1.78 bits per heavy atom. The fourth-order valence-corrected chi connectivity index (χ4v) is 3.09. The van der Waals surface area contributed by atoms with Crippen molar-refractivity contribution in [1.29, 1.82) is 0 Å². The van der Waals surface area contributed by atoms with Crippen LogP contribution in [0.3, 0.4) is 0 Å². The molecule has 2 aromatic rings. The number of hydrogen-bond donors (Lipinski definition) is 1. The Bertz CT molecular complexity index is 642. The summed E-state index contributed by atoms with van der Waals surface area (Å²) in [6, 6.07) is 17.7. The Kier molecular flexibility index (Phi) is 5.13. The summed E-state index contributed by atoms with van der Waals surface area (Å²) in [4.78, 5) is 2.26. The number of ether oxygens (including phenoxy) is 1. The second-order valence-corrected chi connectivity index (χ2v) is 6.45. The highest BCUT2D eigenvalue weighted by atomic mass is 32.1. The predicted octanol–water partition coefficient (Wildman–Crippen LogP) is 4.91. The van der Waals surface area contributed by atoms with Gasteiger partial charge in [-0.2, -0.15) is 0 Å². The molecule has 0 spiro atoms. The molecule has 4 heteroatoms. The summed E-state index contributed by atoms with van der Waals surface area (Å²) in [7, 11) is 0. The number of hydrogen-bond acceptors (Lipinski definition) is 2. The van der Waals surface area contributed by atoms with Gasteiger partial charge >= 0.3 is 0 Å². The van der Waals surface area contributed by atoms with Crippen LogP contribution in [0.2, 0.25) is 0 Å². The van der Waals surface area contributed by atoms with E-state index in [2.05, 4.69) is 17.1 Å². The molecule has 1 N–H and O–H groups in total. The zero-order valence-electron chi connectivity index (χ0n) is 13.4. The van der Waals surface area contributed by atoms with Crippen molar-refractivity contribution in [2.24, 2.45) is 5.92 Å². The van der Waals surface area contributed by atoms with Gasteiger partial charge in [-0.05, 0) is 67.4 Å². The smallest absolute Gasteiger partial charge is 0.173 e. The molecular weight excluding hydrogens is 304 g/mol. The summed E-state index contributed by atoms with van der Waals surface area (Å²) >= 11 is 5.53. The van der Waals surface area contributed by atoms with Crippen molar-refractivity contribution in [2.75, 3.05) is 18.4 Å². The van der Waals surface area contributed by atoms with Gasteiger partial charge < -0.3 is 15.0 Å². The number of piperidine rings is 1. The van der Waals surface area contributed by atoms with Gasteiger partial charge in [-0.25, -0.2) is 0 Å². The molecule has 1 fully saturated rings. The highest BCUT2D eigenvalue weighted by Gasteiger charge is 2.18. The monoisotopic (exact) mass is 326 g/mol. The van der Waals surface area contributed by atoms with E-state index < -0.39 is 0 Å². The fraction of sp³-hybridized carbons (Fsp3) is 0.316. The maximum atomic E-state index is 5.80. The van der Waals surface area contributed by atoms with Crippen LogP contribution in [0, 0.1) is 5.92 Å². The van der Waals surface area contributed by atoms with Crippen molar-refractivity contribution >= 4 is 23.0 Å². The largest absolute Gasteiger partial charge is 0.457 e. The van der Waals surface area contributed by atoms with Gasteiger partial charge in [0.05, 0.1) is 0 Å². The number of nitrogens with zero attached hydrogens (tertiary/aromatic N) is 1. The molecule has 0 aromatic heterocycles. The quantitative estimate of drug-likeness (QED) is 0.810. The summed E-state index contributed by atoms with van der Waals surface area (Å²) in [6.45, 7) is 4.37. The standard InChI is InChI=1S/C19H22N2OS/c1-15-6-5-13-21(14-15)19(23)20-16-9-11-18(12-10-16)22-17-7-3-2-4-8-17/h2-4,7-12,15H,5-6,13-14H2,1H3,(H,20,23)/t15-/m0/s1. The molecule has 1 atom stereocenters. The van der Waals surface area contributed by atoms with Crippen LogP contribution in [0.5, 0.6) is 11.5 Å². The number of nitrogens with one attached hydrogen (secondary N) is 1. The first-order valence-corrected chi connectivity index (χ1v) is 8.50. The van der Waals surface area contributed by atoms with Crippen molar-refractivity contribution in [1.82, 2.24) is 4.90 Å². The van der Waals surface area contributed by atoms with Crippen molar-refractivity contribution in [3.63, 3.8) is 0 Å². The maximum Gasteiger partial charge on any atom is 0.173 e. The van der Waals surface area contributed by atoms with Crippen LogP contribution >= 0.6 is 12.2 Å². The Hall–Kier alpha value is -2.07. The third-order valence-corrected chi connectivity index (χ3v) is 4.39. The molecule has 1 saturated heterocycles. The lowest BCUT2D eigenvalue weighted by Gasteiger charge is -2.33. The van der Waals surface area contributed by atoms with Gasteiger partial charge in [-0.1, -0.05) is 25.1 Å². The summed E-state index contributed by atoms with van der Waals surface area (Å²) in [5, 5.41) is 4.14. The Morgan fingerprint density at radius 1 is 1.09 bits per heavy atom. The average Bonchev–Trinajstić information content (AvgIpc) is 2.57. The number of thiocarbonyl (C=S) groups is 1. The van der Waals surface area contributed by atoms with Crippen LogP contribution in [0.1, 0.15) is 19.8 Å². The number of likely N-dealkylation sites (tertiary alicyclic amines) is 1. The lowest BCUT2D eigenvalue weighted by atomic mass is 10.0. The molecular formula is C19H22N2OS. The summed E-state index contributed by atoms with van der Waals surface area (Å²) in [6.07, 6.45) is 2.51. The average molecular weight is 326 g/mol. The van der Waals surface area contributed by atoms with E-state index in [0.717, 1.165) is 35.4 Å². The molecule has 0 aliphatic carbocycles. The zero-order valence-corrected chi connectivity index (χ0v) is 14.2. The molecule has 1 aliphatic heterocycles. The molecule has 1 heterocycles. The van der Waals surface area contributed by atoms with Crippen LogP contribution in [0.4, 0.5) is 5.69 Å². The number of benzene rings is 2. The van der Waals surface area contributed by atoms with Crippen LogP contribution in [-0.4, -0.2) is 23.1 Å². The van der Waals surface area contributed by atoms with Crippen LogP contribution in [0.25, 0.3) is 0 Å². The minimum Gasteiger partial charge on any atom is -0.457 e. The van der Waals surface area contributed by atoms with E-state index in [4.69, 9.17) is 17.0 Å². The summed E-state index contributed by atoms with van der Waals surface area (Å²) in [5.74, 6) is 2.37. The molecule has 1 aliphatic rings. The van der Waals surface area contributed by atoms with E-state index in [1.54, 1.807) is 0 Å². The Labute approximate surface area is 143 Å². The Balaban J connectivity index is 1.58. The minimum atomic E-state index is 0.713. The molecule has 3 rings (SSSR count). The second kappa shape index (κ2) is 7.47. The van der Waals surface area contributed by atoms with Crippen LogP contribution < -0.4 is 10.1 Å². The molecule has 23 heavy (non-hydrogen) atoms. The highest BCUT2D eigenvalue weighted by Crippen LogP contribution is 2.23. The third-order valence-electron chi connectivity index (χ3n) is 4.03. The van der Waals surface area contributed by atoms with Gasteiger partial charge in [-0.15, -0.1) is 0 Å². The van der Waals surface area contributed by atoms with Crippen molar-refractivity contribution in [3.05, 3.63) is 54.6 Å². The maximum absolute atomic E-state index is 5.80. The van der Waals surface area contributed by atoms with E-state index >= 15 is 0 Å². The van der Waals surface area contributed by atoms with Gasteiger partial charge in [0.1, 0.15) is 11.5 Å². The summed E-state index contributed by atoms with van der Waals surface area (Å²) in [5.41, 5.74) is 0.994. The molecule has 3 nitrogen and oxygen atoms in total. The topological polar surface area (TPSA) is 24.5 Å². The van der Waals surface area contributed by atoms with E-state index in [-0.39, 0.29) is 0 Å². The molecule has 0 unspecified atom stereocenters. The fourth-order valence-electron chi connectivity index (χ4n) is 2.81. The zero-order chi connectivity index (χ0) is 16.1. The minimum absolute atomic E-state index is 0.713. The predicted molar refractivity (Wildman–Crippen MR) is 99.1 cm³/mol. The number of anilines is 1. The molecule has 120 valence electrons. The molecule has 0 amide bonds. The Morgan fingerprint density at radius 3 is 2.48 bits per heavy atom. The third kappa shape index (κ3) is 4.45. The lowest BCUT2D eigenvalue weighted by Crippen LogP contribution is -2.41. The van der Waals surface area contributed by atoms with E-state index in [9.17, 15) is 0 Å². The van der Waals surface area contributed by atoms with Crippen molar-refractivity contribution in [3.8, 4) is 11.5 Å². The molecule has 0 radical (unpaired) electrons. The van der Waals surface area contributed by atoms with Gasteiger partial charge in [-0.3, -0.25) is 0 Å². The first-order chi connectivity index (χ1) is 11.2. The van der Waals surface area contributed by atoms with E-state index in [0.29, 0.717) is 5.92 Å².